The zero-order valence-corrected chi connectivity index (χ0v) is 22.7. The largest absolute Gasteiger partial charge is 0.508 e. The van der Waals surface area contributed by atoms with Gasteiger partial charge in [-0.3, -0.25) is 15.3 Å². The molecule has 0 bridgehead atoms. The fourth-order valence-corrected chi connectivity index (χ4v) is 3.87. The number of carbonyl (C=O) groups is 1. The van der Waals surface area contributed by atoms with Crippen LogP contribution in [-0.4, -0.2) is 59.9 Å². The second-order valence-electron chi connectivity index (χ2n) is 8.36. The third-order valence-electron chi connectivity index (χ3n) is 5.68. The summed E-state index contributed by atoms with van der Waals surface area (Å²) in [5, 5.41) is 24.1. The van der Waals surface area contributed by atoms with Gasteiger partial charge in [0.1, 0.15) is 11.6 Å². The predicted octanol–water partition coefficient (Wildman–Crippen LogP) is 5.21. The fraction of sp³-hybridized carbons (Fsp3) is 0.370. The predicted molar refractivity (Wildman–Crippen MR) is 148 cm³/mol. The molecule has 212 valence electrons. The number of carbonyl (C=O) groups excluding carboxylic acids is 1. The van der Waals surface area contributed by atoms with Gasteiger partial charge in [0.05, 0.1) is 25.2 Å². The van der Waals surface area contributed by atoms with Crippen molar-refractivity contribution in [2.24, 2.45) is 10.7 Å². The summed E-state index contributed by atoms with van der Waals surface area (Å²) in [5.41, 5.74) is 9.10. The molecule has 2 aromatic rings. The van der Waals surface area contributed by atoms with Gasteiger partial charge >= 0.3 is 12.2 Å². The highest BCUT2D eigenvalue weighted by Gasteiger charge is 2.31. The lowest BCUT2D eigenvalue weighted by Gasteiger charge is -2.25. The number of alkyl halides is 3. The van der Waals surface area contributed by atoms with Crippen LogP contribution in [-0.2, 0) is 6.54 Å². The number of hydrogen-bond acceptors (Lipinski definition) is 6. The van der Waals surface area contributed by atoms with E-state index in [1.807, 2.05) is 32.0 Å². The van der Waals surface area contributed by atoms with Crippen LogP contribution in [0.25, 0.3) is 0 Å². The molecule has 0 radical (unpaired) electrons. The summed E-state index contributed by atoms with van der Waals surface area (Å²) in [7, 11) is 0. The van der Waals surface area contributed by atoms with E-state index in [4.69, 9.17) is 22.7 Å². The first-order valence-corrected chi connectivity index (χ1v) is 12.9. The number of amidine groups is 1. The highest BCUT2D eigenvalue weighted by atomic mass is 35.5. The third kappa shape index (κ3) is 9.92. The van der Waals surface area contributed by atoms with Gasteiger partial charge in [0.2, 0.25) is 0 Å². The zero-order chi connectivity index (χ0) is 29.0. The normalized spacial score (nSPS) is 15.7. The Bertz CT molecular complexity index is 1180. The molecule has 2 amide bonds. The second kappa shape index (κ2) is 15.1. The molecule has 1 aliphatic heterocycles. The Kier molecular flexibility index (Phi) is 12.3. The number of halogens is 4. The number of aliphatic imine (C=N–C) groups is 1. The van der Waals surface area contributed by atoms with E-state index >= 15 is 0 Å². The van der Waals surface area contributed by atoms with E-state index in [9.17, 15) is 23.1 Å². The van der Waals surface area contributed by atoms with Gasteiger partial charge in [-0.25, -0.2) is 4.79 Å². The van der Waals surface area contributed by atoms with Crippen LogP contribution in [0.2, 0.25) is 5.02 Å². The topological polar surface area (TPSA) is 127 Å². The summed E-state index contributed by atoms with van der Waals surface area (Å²) in [6.45, 7) is 4.58. The molecule has 12 heteroatoms. The van der Waals surface area contributed by atoms with Crippen molar-refractivity contribution >= 4 is 29.2 Å². The number of nitrogens with zero attached hydrogens (tertiary/aromatic N) is 2. The quantitative estimate of drug-likeness (QED) is 0.233. The number of phenolic OH excluding ortho intramolecular Hbond substituents is 1. The van der Waals surface area contributed by atoms with Crippen molar-refractivity contribution in [1.82, 2.24) is 15.5 Å². The van der Waals surface area contributed by atoms with Crippen molar-refractivity contribution in [3.8, 4) is 5.75 Å². The van der Waals surface area contributed by atoms with Gasteiger partial charge in [-0.1, -0.05) is 43.6 Å². The van der Waals surface area contributed by atoms with E-state index in [-0.39, 0.29) is 17.9 Å². The summed E-state index contributed by atoms with van der Waals surface area (Å²) >= 11 is 6.21. The number of urea groups is 1. The van der Waals surface area contributed by atoms with Crippen LogP contribution in [0.4, 0.5) is 18.0 Å². The average molecular weight is 567 g/mol. The molecule has 1 saturated heterocycles. The molecule has 0 spiro atoms. The molecule has 3 rings (SSSR count). The SMILES string of the molecule is CC.N=C(c1ccc(O)cc1)N(CCC(F)(F)F)C(=O)NC/C(N)=C1\CCNCC1=NCc1ccccc1Cl. The number of hydrogen-bond donors (Lipinski definition) is 5. The van der Waals surface area contributed by atoms with Crippen molar-refractivity contribution in [1.29, 1.82) is 5.41 Å². The second-order valence-corrected chi connectivity index (χ2v) is 8.76. The molecule has 8 nitrogen and oxygen atoms in total. The monoisotopic (exact) mass is 566 g/mol. The molecular formula is C27H34ClF3N6O2. The van der Waals surface area contributed by atoms with Crippen molar-refractivity contribution in [2.75, 3.05) is 26.2 Å². The maximum atomic E-state index is 12.9. The van der Waals surface area contributed by atoms with Crippen molar-refractivity contribution in [2.45, 2.75) is 39.4 Å². The zero-order valence-electron chi connectivity index (χ0n) is 21.9. The lowest BCUT2D eigenvalue weighted by Crippen LogP contribution is -2.46. The minimum Gasteiger partial charge on any atom is -0.508 e. The first kappa shape index (κ1) is 31.6. The fourth-order valence-electron chi connectivity index (χ4n) is 3.68. The maximum absolute atomic E-state index is 12.9. The number of piperidine rings is 1. The summed E-state index contributed by atoms with van der Waals surface area (Å²) in [6, 6.07) is 11.7. The Morgan fingerprint density at radius 2 is 1.87 bits per heavy atom. The van der Waals surface area contributed by atoms with Crippen molar-refractivity contribution in [3.63, 3.8) is 0 Å². The molecule has 1 heterocycles. The number of phenols is 1. The van der Waals surface area contributed by atoms with Crippen molar-refractivity contribution in [3.05, 3.63) is 76.0 Å². The van der Waals surface area contributed by atoms with Crippen LogP contribution >= 0.6 is 11.6 Å². The van der Waals surface area contributed by atoms with E-state index in [0.29, 0.717) is 47.4 Å². The van der Waals surface area contributed by atoms with E-state index in [1.54, 1.807) is 6.07 Å². The molecule has 0 atom stereocenters. The summed E-state index contributed by atoms with van der Waals surface area (Å²) < 4.78 is 38.7. The summed E-state index contributed by atoms with van der Waals surface area (Å²) in [6.07, 6.45) is -5.25. The minimum absolute atomic E-state index is 0.0729. The van der Waals surface area contributed by atoms with Crippen molar-refractivity contribution < 1.29 is 23.1 Å². The number of aromatic hydroxyl groups is 1. The smallest absolute Gasteiger partial charge is 0.390 e. The highest BCUT2D eigenvalue weighted by molar-refractivity contribution is 6.31. The van der Waals surface area contributed by atoms with Gasteiger partial charge in [-0.2, -0.15) is 13.2 Å². The molecule has 0 aliphatic carbocycles. The lowest BCUT2D eigenvalue weighted by atomic mass is 10.0. The van der Waals surface area contributed by atoms with Crippen LogP contribution in [0, 0.1) is 5.41 Å². The molecule has 1 fully saturated rings. The Hall–Kier alpha value is -3.57. The maximum Gasteiger partial charge on any atom is 0.390 e. The van der Waals surface area contributed by atoms with E-state index in [0.717, 1.165) is 11.1 Å². The Balaban J connectivity index is 0.00000260. The van der Waals surface area contributed by atoms with Crippen LogP contribution < -0.4 is 16.4 Å². The first-order valence-electron chi connectivity index (χ1n) is 12.5. The van der Waals surface area contributed by atoms with Crippen LogP contribution in [0.15, 0.2) is 64.8 Å². The Labute approximate surface area is 231 Å². The van der Waals surface area contributed by atoms with Crippen LogP contribution in [0.3, 0.4) is 0 Å². The molecule has 0 aromatic heterocycles. The molecule has 1 aliphatic rings. The van der Waals surface area contributed by atoms with E-state index < -0.39 is 31.0 Å². The van der Waals surface area contributed by atoms with Gasteiger partial charge in [-0.15, -0.1) is 0 Å². The van der Waals surface area contributed by atoms with E-state index in [2.05, 4.69) is 15.6 Å². The molecule has 6 N–H and O–H groups in total. The number of nitrogens with one attached hydrogen (secondary N) is 3. The Morgan fingerprint density at radius 1 is 1.21 bits per heavy atom. The first-order chi connectivity index (χ1) is 18.5. The number of rotatable bonds is 7. The number of amides is 2. The van der Waals surface area contributed by atoms with Gasteiger partial charge in [0.25, 0.3) is 0 Å². The molecular weight excluding hydrogens is 533 g/mol. The standard InChI is InChI=1S/C25H28ClF3N6O2.C2H6/c26-20-4-2-1-3-17(20)13-33-22-15-32-11-9-19(22)21(30)14-34-24(37)35(12-10-25(27,28)29)23(31)16-5-7-18(36)8-6-16;1-2/h1-8,31-32,36H,9-15,30H2,(H,34,37);1-2H3/b21-19-,31-23?,33-22?;. The highest BCUT2D eigenvalue weighted by Crippen LogP contribution is 2.21. The lowest BCUT2D eigenvalue weighted by molar-refractivity contribution is -0.135. The van der Waals surface area contributed by atoms with Gasteiger partial charge in [0.15, 0.2) is 0 Å². The molecule has 2 aromatic carbocycles. The van der Waals surface area contributed by atoms with Gasteiger partial charge in [-0.05, 0) is 54.4 Å². The third-order valence-corrected chi connectivity index (χ3v) is 6.05. The number of nitrogens with two attached hydrogens (primary N) is 1. The van der Waals surface area contributed by atoms with Gasteiger partial charge < -0.3 is 21.5 Å². The average Bonchev–Trinajstić information content (AvgIpc) is 2.92. The van der Waals surface area contributed by atoms with Gasteiger partial charge in [0, 0.05) is 29.4 Å². The minimum atomic E-state index is -4.52. The molecule has 0 unspecified atom stereocenters. The van der Waals surface area contributed by atoms with Crippen LogP contribution in [0.5, 0.6) is 5.75 Å². The molecule has 39 heavy (non-hydrogen) atoms. The summed E-state index contributed by atoms with van der Waals surface area (Å²) in [5.74, 6) is -0.506. The molecule has 0 saturated carbocycles. The van der Waals surface area contributed by atoms with E-state index in [1.165, 1.54) is 24.3 Å². The van der Waals surface area contributed by atoms with Crippen LogP contribution in [0.1, 0.15) is 37.8 Å². The number of benzene rings is 2. The Morgan fingerprint density at radius 3 is 2.51 bits per heavy atom. The summed E-state index contributed by atoms with van der Waals surface area (Å²) in [4.78, 5) is 18.2.